The van der Waals surface area contributed by atoms with E-state index in [1.165, 1.54) is 12.1 Å². The van der Waals surface area contributed by atoms with Crippen LogP contribution in [0.4, 0.5) is 0 Å². The first-order chi connectivity index (χ1) is 13.4. The molecule has 9 heteroatoms. The Kier molecular flexibility index (Phi) is 8.01. The second-order valence-electron chi connectivity index (χ2n) is 6.47. The molecule has 4 N–H and O–H groups in total. The van der Waals surface area contributed by atoms with E-state index in [0.29, 0.717) is 31.5 Å². The zero-order valence-electron chi connectivity index (χ0n) is 16.6. The van der Waals surface area contributed by atoms with Crippen molar-refractivity contribution >= 4 is 16.0 Å². The van der Waals surface area contributed by atoms with Crippen LogP contribution in [-0.2, 0) is 23.1 Å². The molecular weight excluding hydrogens is 378 g/mol. The number of nitrogens with zero attached hydrogens (tertiary/aromatic N) is 2. The van der Waals surface area contributed by atoms with Gasteiger partial charge >= 0.3 is 0 Å². The topological polar surface area (TPSA) is 123 Å². The molecule has 0 aliphatic carbocycles. The summed E-state index contributed by atoms with van der Waals surface area (Å²) >= 11 is 0. The number of benzene rings is 1. The van der Waals surface area contributed by atoms with E-state index in [9.17, 15) is 8.42 Å². The van der Waals surface area contributed by atoms with Crippen LogP contribution in [0.2, 0.25) is 0 Å². The summed E-state index contributed by atoms with van der Waals surface area (Å²) in [5, 5.41) is 15.7. The number of nitrogens with two attached hydrogens (primary N) is 1. The van der Waals surface area contributed by atoms with Gasteiger partial charge in [0, 0.05) is 18.5 Å². The average Bonchev–Trinajstić information content (AvgIpc) is 3.13. The molecular formula is C19H29N5O3S. The monoisotopic (exact) mass is 407 g/mol. The predicted molar refractivity (Wildman–Crippen MR) is 109 cm³/mol. The number of rotatable bonds is 9. The Hall–Kier alpha value is -2.39. The van der Waals surface area contributed by atoms with Crippen molar-refractivity contribution in [2.45, 2.75) is 57.5 Å². The predicted octanol–water partition coefficient (Wildman–Crippen LogP) is 2.48. The second kappa shape index (κ2) is 10.2. The van der Waals surface area contributed by atoms with Crippen molar-refractivity contribution in [3.8, 4) is 0 Å². The molecule has 0 bridgehead atoms. The maximum absolute atomic E-state index is 11.5. The van der Waals surface area contributed by atoms with Crippen molar-refractivity contribution in [2.75, 3.05) is 6.54 Å². The van der Waals surface area contributed by atoms with Crippen molar-refractivity contribution < 1.29 is 12.9 Å². The Bertz CT molecular complexity index is 888. The molecule has 8 nitrogen and oxygen atoms in total. The Morgan fingerprint density at radius 3 is 2.61 bits per heavy atom. The van der Waals surface area contributed by atoms with Crippen LogP contribution < -0.4 is 15.8 Å². The summed E-state index contributed by atoms with van der Waals surface area (Å²) in [6, 6.07) is 8.43. The molecule has 0 aliphatic rings. The van der Waals surface area contributed by atoms with Gasteiger partial charge in [-0.05, 0) is 37.5 Å². The van der Waals surface area contributed by atoms with E-state index in [2.05, 4.69) is 34.6 Å². The number of sulfonamides is 1. The summed E-state index contributed by atoms with van der Waals surface area (Å²) in [5.41, 5.74) is 1.72. The summed E-state index contributed by atoms with van der Waals surface area (Å²) < 4.78 is 28.4. The normalized spacial score (nSPS) is 12.4. The highest BCUT2D eigenvalue weighted by molar-refractivity contribution is 7.89. The van der Waals surface area contributed by atoms with Gasteiger partial charge in [0.2, 0.25) is 10.0 Å². The molecule has 0 amide bonds. The van der Waals surface area contributed by atoms with Crippen LogP contribution in [-0.4, -0.2) is 26.1 Å². The van der Waals surface area contributed by atoms with E-state index < -0.39 is 10.0 Å². The van der Waals surface area contributed by atoms with Gasteiger partial charge in [0.15, 0.2) is 11.7 Å². The summed E-state index contributed by atoms with van der Waals surface area (Å²) in [7, 11) is -3.73. The van der Waals surface area contributed by atoms with E-state index in [0.717, 1.165) is 29.9 Å². The highest BCUT2D eigenvalue weighted by atomic mass is 32.2. The fourth-order valence-corrected chi connectivity index (χ4v) is 3.40. The second-order valence-corrected chi connectivity index (χ2v) is 8.03. The van der Waals surface area contributed by atoms with Gasteiger partial charge < -0.3 is 15.2 Å². The van der Waals surface area contributed by atoms with Crippen LogP contribution in [0.3, 0.4) is 0 Å². The number of hydrogen-bond donors (Lipinski definition) is 3. The van der Waals surface area contributed by atoms with Crippen molar-refractivity contribution in [1.29, 1.82) is 0 Å². The highest BCUT2D eigenvalue weighted by Crippen LogP contribution is 2.22. The smallest absolute Gasteiger partial charge is 0.238 e. The lowest BCUT2D eigenvalue weighted by Crippen LogP contribution is -2.36. The van der Waals surface area contributed by atoms with Gasteiger partial charge in [0.25, 0.3) is 0 Å². The zero-order chi connectivity index (χ0) is 20.6. The number of aromatic nitrogens is 1. The lowest BCUT2D eigenvalue weighted by Gasteiger charge is -2.10. The minimum atomic E-state index is -3.73. The van der Waals surface area contributed by atoms with Gasteiger partial charge in [-0.15, -0.1) is 0 Å². The zero-order valence-corrected chi connectivity index (χ0v) is 17.4. The Morgan fingerprint density at radius 2 is 1.96 bits per heavy atom. The van der Waals surface area contributed by atoms with Gasteiger partial charge in [-0.3, -0.25) is 0 Å². The van der Waals surface area contributed by atoms with E-state index in [4.69, 9.17) is 9.66 Å². The standard InChI is InChI=1S/C19H29N5O3S/c1-4-15(5-2)18-11-16(27-24-18)13-23-19(21-6-3)22-12-14-8-7-9-17(10-14)28(20,25)26/h7-11,15H,4-6,12-13H2,1-3H3,(H2,20,25,26)(H2,21,22,23). The summed E-state index contributed by atoms with van der Waals surface area (Å²) in [5.74, 6) is 1.75. The molecule has 0 atom stereocenters. The van der Waals surface area contributed by atoms with E-state index in [-0.39, 0.29) is 4.90 Å². The molecule has 0 unspecified atom stereocenters. The Morgan fingerprint density at radius 1 is 1.21 bits per heavy atom. The number of primary sulfonamides is 1. The van der Waals surface area contributed by atoms with Crippen LogP contribution in [0, 0.1) is 0 Å². The molecule has 0 saturated heterocycles. The van der Waals surface area contributed by atoms with Gasteiger partial charge in [-0.1, -0.05) is 31.1 Å². The molecule has 2 aromatic rings. The summed E-state index contributed by atoms with van der Waals surface area (Å²) in [6.07, 6.45) is 2.05. The Labute approximate surface area is 166 Å². The fraction of sp³-hybridized carbons (Fsp3) is 0.474. The first-order valence-electron chi connectivity index (χ1n) is 9.46. The maximum atomic E-state index is 11.5. The van der Waals surface area contributed by atoms with Crippen molar-refractivity contribution in [1.82, 2.24) is 15.8 Å². The van der Waals surface area contributed by atoms with E-state index >= 15 is 0 Å². The molecule has 0 spiro atoms. The SMILES string of the molecule is CCNC(=NCc1cccc(S(N)(=O)=O)c1)NCc1cc(C(CC)CC)no1. The maximum Gasteiger partial charge on any atom is 0.238 e. The van der Waals surface area contributed by atoms with Crippen LogP contribution in [0.15, 0.2) is 44.7 Å². The van der Waals surface area contributed by atoms with Crippen molar-refractivity contribution in [2.24, 2.45) is 10.1 Å². The summed E-state index contributed by atoms with van der Waals surface area (Å²) in [6.45, 7) is 7.71. The lowest BCUT2D eigenvalue weighted by molar-refractivity contribution is 0.368. The van der Waals surface area contributed by atoms with Gasteiger partial charge in [-0.25, -0.2) is 18.5 Å². The summed E-state index contributed by atoms with van der Waals surface area (Å²) in [4.78, 5) is 4.57. The molecule has 2 rings (SSSR count). The van der Waals surface area contributed by atoms with E-state index in [1.54, 1.807) is 12.1 Å². The van der Waals surface area contributed by atoms with Crippen LogP contribution in [0.25, 0.3) is 0 Å². The third-order valence-corrected chi connectivity index (χ3v) is 5.31. The largest absolute Gasteiger partial charge is 0.359 e. The number of guanidine groups is 1. The first kappa shape index (κ1) is 21.9. The van der Waals surface area contributed by atoms with Gasteiger partial charge in [0.1, 0.15) is 0 Å². The third-order valence-electron chi connectivity index (χ3n) is 4.40. The number of nitrogens with one attached hydrogen (secondary N) is 2. The molecule has 1 aromatic carbocycles. The van der Waals surface area contributed by atoms with Crippen LogP contribution >= 0.6 is 0 Å². The number of aliphatic imine (C=N–C) groups is 1. The van der Waals surface area contributed by atoms with Crippen molar-refractivity contribution in [3.05, 3.63) is 47.3 Å². The van der Waals surface area contributed by atoms with Crippen LogP contribution in [0.5, 0.6) is 0 Å². The fourth-order valence-electron chi connectivity index (χ4n) is 2.82. The Balaban J connectivity index is 2.03. The van der Waals surface area contributed by atoms with Crippen LogP contribution in [0.1, 0.15) is 56.5 Å². The minimum absolute atomic E-state index is 0.0775. The molecule has 0 saturated carbocycles. The molecule has 28 heavy (non-hydrogen) atoms. The van der Waals surface area contributed by atoms with Gasteiger partial charge in [-0.2, -0.15) is 0 Å². The third kappa shape index (κ3) is 6.35. The molecule has 1 heterocycles. The lowest BCUT2D eigenvalue weighted by atomic mass is 9.99. The van der Waals surface area contributed by atoms with E-state index in [1.807, 2.05) is 13.0 Å². The highest BCUT2D eigenvalue weighted by Gasteiger charge is 2.13. The molecule has 0 aliphatic heterocycles. The average molecular weight is 408 g/mol. The molecule has 1 aromatic heterocycles. The molecule has 0 fully saturated rings. The quantitative estimate of drug-likeness (QED) is 0.433. The number of hydrogen-bond acceptors (Lipinski definition) is 5. The molecule has 154 valence electrons. The van der Waals surface area contributed by atoms with Gasteiger partial charge in [0.05, 0.1) is 23.7 Å². The van der Waals surface area contributed by atoms with Crippen molar-refractivity contribution in [3.63, 3.8) is 0 Å². The molecule has 0 radical (unpaired) electrons. The first-order valence-corrected chi connectivity index (χ1v) is 11.0. The minimum Gasteiger partial charge on any atom is -0.359 e.